The van der Waals surface area contributed by atoms with Crippen LogP contribution < -0.4 is 10.1 Å². The maximum absolute atomic E-state index is 9.79. The zero-order chi connectivity index (χ0) is 13.7. The van der Waals surface area contributed by atoms with Gasteiger partial charge in [0.2, 0.25) is 0 Å². The van der Waals surface area contributed by atoms with Gasteiger partial charge in [0, 0.05) is 23.9 Å². The lowest BCUT2D eigenvalue weighted by atomic mass is 10.1. The Bertz CT molecular complexity index is 552. The van der Waals surface area contributed by atoms with Gasteiger partial charge in [-0.1, -0.05) is 23.8 Å². The van der Waals surface area contributed by atoms with E-state index in [1.54, 1.807) is 6.07 Å². The average Bonchev–Trinajstić information content (AvgIpc) is 2.41. The van der Waals surface area contributed by atoms with Crippen LogP contribution in [0, 0.1) is 6.92 Å². The van der Waals surface area contributed by atoms with E-state index in [2.05, 4.69) is 5.32 Å². The summed E-state index contributed by atoms with van der Waals surface area (Å²) in [5.74, 6) is 1.17. The van der Waals surface area contributed by atoms with E-state index in [0.29, 0.717) is 18.9 Å². The van der Waals surface area contributed by atoms with Crippen LogP contribution in [-0.4, -0.2) is 11.7 Å². The summed E-state index contributed by atoms with van der Waals surface area (Å²) in [6.07, 6.45) is 0. The summed E-state index contributed by atoms with van der Waals surface area (Å²) in [4.78, 5) is 0. The third-order valence-corrected chi connectivity index (χ3v) is 2.86. The summed E-state index contributed by atoms with van der Waals surface area (Å²) in [6.45, 7) is 5.22. The van der Waals surface area contributed by atoms with Crippen LogP contribution >= 0.6 is 0 Å². The van der Waals surface area contributed by atoms with E-state index in [-0.39, 0.29) is 0 Å². The fourth-order valence-electron chi connectivity index (χ4n) is 1.92. The molecule has 0 heterocycles. The fraction of sp³-hybridized carbons (Fsp3) is 0.250. The van der Waals surface area contributed by atoms with Gasteiger partial charge in [0.25, 0.3) is 0 Å². The van der Waals surface area contributed by atoms with Crippen LogP contribution in [0.5, 0.6) is 11.5 Å². The number of rotatable bonds is 5. The lowest BCUT2D eigenvalue weighted by Gasteiger charge is -2.10. The van der Waals surface area contributed by atoms with E-state index in [9.17, 15) is 5.11 Å². The van der Waals surface area contributed by atoms with Gasteiger partial charge in [-0.2, -0.15) is 0 Å². The van der Waals surface area contributed by atoms with Gasteiger partial charge in [-0.3, -0.25) is 0 Å². The van der Waals surface area contributed by atoms with E-state index in [1.165, 1.54) is 0 Å². The Morgan fingerprint density at radius 2 is 2.00 bits per heavy atom. The van der Waals surface area contributed by atoms with Gasteiger partial charge in [-0.15, -0.1) is 0 Å². The van der Waals surface area contributed by atoms with Crippen LogP contribution in [0.15, 0.2) is 42.5 Å². The van der Waals surface area contributed by atoms with Gasteiger partial charge in [-0.25, -0.2) is 0 Å². The molecule has 0 saturated carbocycles. The van der Waals surface area contributed by atoms with E-state index < -0.39 is 0 Å². The number of aryl methyl sites for hydroxylation is 1. The second-order valence-corrected chi connectivity index (χ2v) is 4.45. The Kier molecular flexibility index (Phi) is 4.29. The highest BCUT2D eigenvalue weighted by molar-refractivity contribution is 5.49. The van der Waals surface area contributed by atoms with E-state index in [0.717, 1.165) is 22.6 Å². The second kappa shape index (κ2) is 6.14. The van der Waals surface area contributed by atoms with Crippen molar-refractivity contribution in [3.63, 3.8) is 0 Å². The minimum atomic E-state index is 0.319. The number of anilines is 1. The molecular weight excluding hydrogens is 238 g/mol. The van der Waals surface area contributed by atoms with Crippen molar-refractivity contribution >= 4 is 5.69 Å². The molecule has 100 valence electrons. The molecule has 2 N–H and O–H groups in total. The number of phenolic OH excluding ortho intramolecular Hbond substituents is 1. The topological polar surface area (TPSA) is 41.5 Å². The molecule has 0 aliphatic carbocycles. The molecule has 3 nitrogen and oxygen atoms in total. The van der Waals surface area contributed by atoms with Gasteiger partial charge in [0.15, 0.2) is 0 Å². The summed E-state index contributed by atoms with van der Waals surface area (Å²) < 4.78 is 5.45. The van der Waals surface area contributed by atoms with Crippen molar-refractivity contribution in [1.82, 2.24) is 0 Å². The molecule has 0 unspecified atom stereocenters. The van der Waals surface area contributed by atoms with Crippen molar-refractivity contribution in [2.24, 2.45) is 0 Å². The first-order valence-corrected chi connectivity index (χ1v) is 6.44. The number of phenols is 1. The highest BCUT2D eigenvalue weighted by Gasteiger charge is 2.02. The van der Waals surface area contributed by atoms with Gasteiger partial charge in [0.05, 0.1) is 6.61 Å². The number of aromatic hydroxyl groups is 1. The van der Waals surface area contributed by atoms with Crippen LogP contribution in [-0.2, 0) is 6.54 Å². The summed E-state index contributed by atoms with van der Waals surface area (Å²) in [5.41, 5.74) is 3.01. The quantitative estimate of drug-likeness (QED) is 0.858. The minimum absolute atomic E-state index is 0.319. The van der Waals surface area contributed by atoms with Gasteiger partial charge in [-0.05, 0) is 32.0 Å². The summed E-state index contributed by atoms with van der Waals surface area (Å²) in [5, 5.41) is 13.1. The second-order valence-electron chi connectivity index (χ2n) is 4.45. The number of ether oxygens (including phenoxy) is 1. The van der Waals surface area contributed by atoms with Crippen molar-refractivity contribution in [3.05, 3.63) is 53.6 Å². The van der Waals surface area contributed by atoms with Gasteiger partial charge in [0.1, 0.15) is 11.5 Å². The predicted molar refractivity (Wildman–Crippen MR) is 77.8 cm³/mol. The van der Waals surface area contributed by atoms with Crippen molar-refractivity contribution in [1.29, 1.82) is 0 Å². The molecule has 0 aliphatic heterocycles. The van der Waals surface area contributed by atoms with E-state index in [4.69, 9.17) is 4.74 Å². The lowest BCUT2D eigenvalue weighted by molar-refractivity contribution is 0.340. The Labute approximate surface area is 113 Å². The monoisotopic (exact) mass is 257 g/mol. The zero-order valence-electron chi connectivity index (χ0n) is 11.3. The Hall–Kier alpha value is -2.16. The van der Waals surface area contributed by atoms with Gasteiger partial charge < -0.3 is 15.2 Å². The SMILES string of the molecule is CCOc1cccc(NCc2cc(C)ccc2O)c1. The molecule has 0 amide bonds. The smallest absolute Gasteiger partial charge is 0.121 e. The van der Waals surface area contributed by atoms with Gasteiger partial charge >= 0.3 is 0 Å². The Morgan fingerprint density at radius 3 is 2.79 bits per heavy atom. The summed E-state index contributed by atoms with van der Waals surface area (Å²) >= 11 is 0. The van der Waals surface area contributed by atoms with Crippen LogP contribution in [0.2, 0.25) is 0 Å². The molecule has 0 aromatic heterocycles. The number of benzene rings is 2. The number of nitrogens with one attached hydrogen (secondary N) is 1. The molecule has 2 aromatic rings. The first kappa shape index (κ1) is 13.3. The molecule has 0 fully saturated rings. The Morgan fingerprint density at radius 1 is 1.16 bits per heavy atom. The first-order chi connectivity index (χ1) is 9.19. The molecule has 3 heteroatoms. The van der Waals surface area contributed by atoms with E-state index >= 15 is 0 Å². The largest absolute Gasteiger partial charge is 0.508 e. The normalized spacial score (nSPS) is 10.2. The van der Waals surface area contributed by atoms with Crippen molar-refractivity contribution in [2.75, 3.05) is 11.9 Å². The third kappa shape index (κ3) is 3.65. The molecule has 0 radical (unpaired) electrons. The molecule has 0 saturated heterocycles. The van der Waals surface area contributed by atoms with Crippen molar-refractivity contribution in [2.45, 2.75) is 20.4 Å². The highest BCUT2D eigenvalue weighted by Crippen LogP contribution is 2.21. The van der Waals surface area contributed by atoms with Crippen LogP contribution in [0.25, 0.3) is 0 Å². The molecule has 2 rings (SSSR count). The Balaban J connectivity index is 2.05. The maximum atomic E-state index is 9.79. The van der Waals surface area contributed by atoms with Crippen molar-refractivity contribution < 1.29 is 9.84 Å². The van der Waals surface area contributed by atoms with Crippen LogP contribution in [0.3, 0.4) is 0 Å². The number of hydrogen-bond acceptors (Lipinski definition) is 3. The maximum Gasteiger partial charge on any atom is 0.121 e. The third-order valence-electron chi connectivity index (χ3n) is 2.86. The standard InChI is InChI=1S/C16H19NO2/c1-3-19-15-6-4-5-14(10-15)17-11-13-9-12(2)7-8-16(13)18/h4-10,17-18H,3,11H2,1-2H3. The van der Waals surface area contributed by atoms with Crippen LogP contribution in [0.1, 0.15) is 18.1 Å². The molecule has 0 atom stereocenters. The first-order valence-electron chi connectivity index (χ1n) is 6.44. The molecule has 0 bridgehead atoms. The molecule has 19 heavy (non-hydrogen) atoms. The highest BCUT2D eigenvalue weighted by atomic mass is 16.5. The van der Waals surface area contributed by atoms with Crippen LogP contribution in [0.4, 0.5) is 5.69 Å². The summed E-state index contributed by atoms with van der Waals surface area (Å²) in [6, 6.07) is 13.4. The van der Waals surface area contributed by atoms with E-state index in [1.807, 2.05) is 50.2 Å². The van der Waals surface area contributed by atoms with Crippen molar-refractivity contribution in [3.8, 4) is 11.5 Å². The lowest BCUT2D eigenvalue weighted by Crippen LogP contribution is -2.00. The predicted octanol–water partition coefficient (Wildman–Crippen LogP) is 3.71. The average molecular weight is 257 g/mol. The molecule has 0 spiro atoms. The molecule has 0 aliphatic rings. The fourth-order valence-corrected chi connectivity index (χ4v) is 1.92. The zero-order valence-corrected chi connectivity index (χ0v) is 11.3. The molecular formula is C16H19NO2. The molecule has 2 aromatic carbocycles. The number of hydrogen-bond donors (Lipinski definition) is 2. The summed E-state index contributed by atoms with van der Waals surface area (Å²) in [7, 11) is 0. The minimum Gasteiger partial charge on any atom is -0.508 e.